The molecule has 0 spiro atoms. The van der Waals surface area contributed by atoms with Gasteiger partial charge in [0.05, 0.1) is 10.2 Å². The Balaban J connectivity index is 1.22. The molecule has 2 heterocycles. The number of halogens is 3. The van der Waals surface area contributed by atoms with Gasteiger partial charge in [-0.1, -0.05) is 13.0 Å². The number of carbonyl (C=O) groups is 1. The van der Waals surface area contributed by atoms with Crippen LogP contribution in [0, 0.1) is 5.41 Å². The SMILES string of the molecule is C[C@@]1(CC2(F)CCN(C(=O)c3ccc(NS(=O)(=O)c4cccc5scnc45)cc3)CC2)CC1(F)F. The molecule has 11 heteroatoms. The van der Waals surface area contributed by atoms with Gasteiger partial charge < -0.3 is 4.90 Å². The fourth-order valence-corrected chi connectivity index (χ4v) is 6.77. The van der Waals surface area contributed by atoms with Crippen LogP contribution in [0.3, 0.4) is 0 Å². The molecule has 0 radical (unpaired) electrons. The summed E-state index contributed by atoms with van der Waals surface area (Å²) in [6, 6.07) is 10.9. The third-order valence-corrected chi connectivity index (χ3v) is 9.23. The largest absolute Gasteiger partial charge is 0.338 e. The lowest BCUT2D eigenvalue weighted by Crippen LogP contribution is -2.45. The molecule has 35 heavy (non-hydrogen) atoms. The van der Waals surface area contributed by atoms with Crippen LogP contribution in [-0.4, -0.2) is 48.9 Å². The Morgan fingerprint density at radius 3 is 2.40 bits per heavy atom. The molecule has 2 aromatic carbocycles. The van der Waals surface area contributed by atoms with Gasteiger partial charge in [0.2, 0.25) is 0 Å². The summed E-state index contributed by atoms with van der Waals surface area (Å²) in [5.74, 6) is -3.12. The van der Waals surface area contributed by atoms with Crippen molar-refractivity contribution in [2.75, 3.05) is 17.8 Å². The van der Waals surface area contributed by atoms with Gasteiger partial charge in [0.1, 0.15) is 16.1 Å². The summed E-state index contributed by atoms with van der Waals surface area (Å²) in [5.41, 5.74) is -0.393. The molecule has 2 fully saturated rings. The summed E-state index contributed by atoms with van der Waals surface area (Å²) < 4.78 is 71.3. The molecule has 2 aliphatic rings. The van der Waals surface area contributed by atoms with E-state index in [4.69, 9.17) is 0 Å². The molecule has 3 aromatic rings. The van der Waals surface area contributed by atoms with Gasteiger partial charge >= 0.3 is 0 Å². The number of amides is 1. The number of carbonyl (C=O) groups excluding carboxylic acids is 1. The zero-order valence-electron chi connectivity index (χ0n) is 18.9. The van der Waals surface area contributed by atoms with E-state index in [0.29, 0.717) is 11.1 Å². The van der Waals surface area contributed by atoms with Crippen molar-refractivity contribution in [1.82, 2.24) is 9.88 Å². The van der Waals surface area contributed by atoms with Crippen molar-refractivity contribution in [2.24, 2.45) is 5.41 Å². The Labute approximate surface area is 205 Å². The predicted octanol–water partition coefficient (Wildman–Crippen LogP) is 5.48. The fraction of sp³-hybridized carbons (Fsp3) is 0.417. The van der Waals surface area contributed by atoms with Crippen LogP contribution in [0.15, 0.2) is 52.9 Å². The van der Waals surface area contributed by atoms with E-state index in [1.807, 2.05) is 0 Å². The molecule has 1 N–H and O–H groups in total. The predicted molar refractivity (Wildman–Crippen MR) is 128 cm³/mol. The number of hydrogen-bond acceptors (Lipinski definition) is 5. The molecule has 1 amide bonds. The molecule has 1 saturated carbocycles. The van der Waals surface area contributed by atoms with Gasteiger partial charge in [-0.25, -0.2) is 26.6 Å². The molecule has 5 rings (SSSR count). The number of fused-ring (bicyclic) bond motifs is 1. The number of para-hydroxylation sites is 1. The average molecular weight is 524 g/mol. The number of nitrogens with one attached hydrogen (secondary N) is 1. The summed E-state index contributed by atoms with van der Waals surface area (Å²) in [5, 5.41) is 0. The molecule has 1 aromatic heterocycles. The number of aromatic nitrogens is 1. The van der Waals surface area contributed by atoms with E-state index in [0.717, 1.165) is 4.70 Å². The Hall–Kier alpha value is -2.66. The lowest BCUT2D eigenvalue weighted by atomic mass is 9.83. The molecule has 1 atom stereocenters. The van der Waals surface area contributed by atoms with Crippen molar-refractivity contribution in [2.45, 2.75) is 49.1 Å². The van der Waals surface area contributed by atoms with E-state index in [1.165, 1.54) is 53.5 Å². The topological polar surface area (TPSA) is 79.4 Å². The number of rotatable bonds is 6. The second-order valence-electron chi connectivity index (χ2n) is 9.70. The Morgan fingerprint density at radius 2 is 1.77 bits per heavy atom. The lowest BCUT2D eigenvalue weighted by Gasteiger charge is -2.38. The number of nitrogens with zero attached hydrogens (tertiary/aromatic N) is 2. The minimum absolute atomic E-state index is 0.0183. The van der Waals surface area contributed by atoms with Crippen LogP contribution in [0.2, 0.25) is 0 Å². The highest BCUT2D eigenvalue weighted by molar-refractivity contribution is 7.93. The molecule has 6 nitrogen and oxygen atoms in total. The number of sulfonamides is 1. The third-order valence-electron chi connectivity index (χ3n) is 7.02. The second kappa shape index (κ2) is 8.19. The highest BCUT2D eigenvalue weighted by Gasteiger charge is 2.69. The van der Waals surface area contributed by atoms with Crippen LogP contribution in [-0.2, 0) is 10.0 Å². The molecular weight excluding hydrogens is 499 g/mol. The zero-order chi connectivity index (χ0) is 25.1. The zero-order valence-corrected chi connectivity index (χ0v) is 20.6. The molecule has 1 saturated heterocycles. The monoisotopic (exact) mass is 523 g/mol. The number of anilines is 1. The third kappa shape index (κ3) is 4.51. The van der Waals surface area contributed by atoms with Crippen LogP contribution < -0.4 is 4.72 Å². The summed E-state index contributed by atoms with van der Waals surface area (Å²) in [6.45, 7) is 1.70. The van der Waals surface area contributed by atoms with Crippen molar-refractivity contribution in [3.8, 4) is 0 Å². The van der Waals surface area contributed by atoms with Gasteiger partial charge in [-0.3, -0.25) is 9.52 Å². The number of thiazole rings is 1. The number of piperidine rings is 1. The number of likely N-dealkylation sites (tertiary alicyclic amines) is 1. The summed E-state index contributed by atoms with van der Waals surface area (Å²) in [6.07, 6.45) is -0.448. The summed E-state index contributed by atoms with van der Waals surface area (Å²) >= 11 is 1.35. The number of alkyl halides is 3. The van der Waals surface area contributed by atoms with E-state index in [9.17, 15) is 22.0 Å². The fourth-order valence-electron chi connectivity index (χ4n) is 4.77. The molecule has 0 unspecified atom stereocenters. The van der Waals surface area contributed by atoms with E-state index in [1.54, 1.807) is 17.6 Å². The lowest BCUT2D eigenvalue weighted by molar-refractivity contribution is 0.00167. The molecule has 1 aliphatic heterocycles. The Bertz CT molecular complexity index is 1380. The first-order chi connectivity index (χ1) is 16.4. The van der Waals surface area contributed by atoms with E-state index in [-0.39, 0.29) is 55.3 Å². The second-order valence-corrected chi connectivity index (χ2v) is 12.2. The normalized spacial score (nSPS) is 23.3. The maximum Gasteiger partial charge on any atom is 0.264 e. The van der Waals surface area contributed by atoms with Crippen LogP contribution in [0.4, 0.5) is 18.9 Å². The maximum atomic E-state index is 15.2. The van der Waals surface area contributed by atoms with Crippen molar-refractivity contribution in [3.63, 3.8) is 0 Å². The van der Waals surface area contributed by atoms with Gasteiger partial charge in [-0.15, -0.1) is 11.3 Å². The van der Waals surface area contributed by atoms with Crippen molar-refractivity contribution in [3.05, 3.63) is 53.5 Å². The van der Waals surface area contributed by atoms with Crippen LogP contribution >= 0.6 is 11.3 Å². The minimum atomic E-state index is -3.89. The van der Waals surface area contributed by atoms with Gasteiger partial charge in [0.25, 0.3) is 21.9 Å². The summed E-state index contributed by atoms with van der Waals surface area (Å²) in [7, 11) is -3.89. The highest BCUT2D eigenvalue weighted by atomic mass is 32.2. The first-order valence-electron chi connectivity index (χ1n) is 11.2. The Kier molecular flexibility index (Phi) is 5.63. The van der Waals surface area contributed by atoms with Crippen LogP contribution in [0.25, 0.3) is 10.2 Å². The van der Waals surface area contributed by atoms with Gasteiger partial charge in [0.15, 0.2) is 0 Å². The maximum absolute atomic E-state index is 15.2. The van der Waals surface area contributed by atoms with Crippen molar-refractivity contribution >= 4 is 43.2 Å². The van der Waals surface area contributed by atoms with Gasteiger partial charge in [-0.05, 0) is 55.7 Å². The summed E-state index contributed by atoms with van der Waals surface area (Å²) in [4.78, 5) is 18.6. The number of benzene rings is 2. The minimum Gasteiger partial charge on any atom is -0.338 e. The smallest absolute Gasteiger partial charge is 0.264 e. The Morgan fingerprint density at radius 1 is 1.11 bits per heavy atom. The highest BCUT2D eigenvalue weighted by Crippen LogP contribution is 2.64. The first-order valence-corrected chi connectivity index (χ1v) is 13.6. The average Bonchev–Trinajstić information content (AvgIpc) is 3.12. The van der Waals surface area contributed by atoms with Gasteiger partial charge in [0, 0.05) is 36.2 Å². The number of hydrogen-bond donors (Lipinski definition) is 1. The molecule has 0 bridgehead atoms. The van der Waals surface area contributed by atoms with E-state index >= 15 is 4.39 Å². The van der Waals surface area contributed by atoms with E-state index in [2.05, 4.69) is 9.71 Å². The standard InChI is InChI=1S/C24H24F3N3O3S2/c1-22(14-24(22,26)27)13-23(25)9-11-30(12-10-23)21(31)16-5-7-17(8-6-16)29-35(32,33)19-4-2-3-18-20(19)28-15-34-18/h2-8,15,29H,9-14H2,1H3/t22-/m1/s1. The van der Waals surface area contributed by atoms with Gasteiger partial charge in [-0.2, -0.15) is 0 Å². The molecule has 186 valence electrons. The molecular formula is C24H24F3N3O3S2. The van der Waals surface area contributed by atoms with Crippen LogP contribution in [0.1, 0.15) is 43.0 Å². The van der Waals surface area contributed by atoms with E-state index < -0.39 is 27.0 Å². The first kappa shape index (κ1) is 24.1. The van der Waals surface area contributed by atoms with Crippen LogP contribution in [0.5, 0.6) is 0 Å². The quantitative estimate of drug-likeness (QED) is 0.464. The molecule has 1 aliphatic carbocycles. The van der Waals surface area contributed by atoms with Crippen molar-refractivity contribution in [1.29, 1.82) is 0 Å². The van der Waals surface area contributed by atoms with Crippen molar-refractivity contribution < 1.29 is 26.4 Å².